The van der Waals surface area contributed by atoms with Crippen LogP contribution in [0, 0.1) is 5.82 Å². The molecule has 0 saturated heterocycles. The first kappa shape index (κ1) is 16.2. The van der Waals surface area contributed by atoms with Gasteiger partial charge in [-0.15, -0.1) is 0 Å². The second-order valence-corrected chi connectivity index (χ2v) is 7.00. The third-order valence-corrected chi connectivity index (χ3v) is 5.14. The van der Waals surface area contributed by atoms with Crippen LogP contribution in [0.15, 0.2) is 47.4 Å². The van der Waals surface area contributed by atoms with Crippen molar-refractivity contribution in [1.82, 2.24) is 4.72 Å². The highest BCUT2D eigenvalue weighted by Crippen LogP contribution is 2.26. The molecule has 21 heavy (non-hydrogen) atoms. The molecule has 0 radical (unpaired) electrons. The number of benzene rings is 2. The lowest BCUT2D eigenvalue weighted by atomic mass is 10.1. The first-order valence-electron chi connectivity index (χ1n) is 6.02. The molecule has 0 heterocycles. The molecule has 0 spiro atoms. The molecule has 0 fully saturated rings. The SMILES string of the molecule is CC(NS(=O)(=O)c1cc(Cl)ccc1Cl)c1ccc(F)cc1. The van der Waals surface area contributed by atoms with Crippen LogP contribution >= 0.6 is 23.2 Å². The summed E-state index contributed by atoms with van der Waals surface area (Å²) < 4.78 is 40.0. The van der Waals surface area contributed by atoms with Crippen molar-refractivity contribution >= 4 is 33.2 Å². The zero-order valence-electron chi connectivity index (χ0n) is 11.0. The second-order valence-electron chi connectivity index (χ2n) is 4.47. The normalized spacial score (nSPS) is 13.1. The van der Waals surface area contributed by atoms with Gasteiger partial charge in [0.2, 0.25) is 10.0 Å². The van der Waals surface area contributed by atoms with E-state index in [2.05, 4.69) is 4.72 Å². The predicted molar refractivity (Wildman–Crippen MR) is 81.6 cm³/mol. The molecule has 7 heteroatoms. The van der Waals surface area contributed by atoms with Crippen LogP contribution in [0.4, 0.5) is 4.39 Å². The Hall–Kier alpha value is -1.14. The highest BCUT2D eigenvalue weighted by molar-refractivity contribution is 7.89. The maximum Gasteiger partial charge on any atom is 0.242 e. The minimum Gasteiger partial charge on any atom is -0.207 e. The van der Waals surface area contributed by atoms with Crippen LogP contribution in [0.1, 0.15) is 18.5 Å². The lowest BCUT2D eigenvalue weighted by molar-refractivity contribution is 0.566. The van der Waals surface area contributed by atoms with Crippen molar-refractivity contribution in [3.63, 3.8) is 0 Å². The minimum atomic E-state index is -3.83. The molecule has 1 unspecified atom stereocenters. The number of halogens is 3. The van der Waals surface area contributed by atoms with Crippen LogP contribution in [0.25, 0.3) is 0 Å². The quantitative estimate of drug-likeness (QED) is 0.901. The summed E-state index contributed by atoms with van der Waals surface area (Å²) in [6.45, 7) is 1.66. The average Bonchev–Trinajstić information content (AvgIpc) is 2.41. The van der Waals surface area contributed by atoms with Crippen LogP contribution in [-0.2, 0) is 10.0 Å². The lowest BCUT2D eigenvalue weighted by Gasteiger charge is -2.15. The van der Waals surface area contributed by atoms with E-state index in [1.54, 1.807) is 6.92 Å². The third-order valence-electron chi connectivity index (χ3n) is 2.88. The molecule has 2 aromatic rings. The molecule has 0 amide bonds. The number of nitrogens with one attached hydrogen (secondary N) is 1. The minimum absolute atomic E-state index is 0.0817. The number of hydrogen-bond donors (Lipinski definition) is 1. The molecule has 0 aliphatic rings. The smallest absolute Gasteiger partial charge is 0.207 e. The zero-order chi connectivity index (χ0) is 15.6. The Labute approximate surface area is 132 Å². The molecule has 0 aliphatic carbocycles. The van der Waals surface area contributed by atoms with Gasteiger partial charge >= 0.3 is 0 Å². The van der Waals surface area contributed by atoms with Gasteiger partial charge in [0.25, 0.3) is 0 Å². The van der Waals surface area contributed by atoms with Crippen LogP contribution in [0.5, 0.6) is 0 Å². The zero-order valence-corrected chi connectivity index (χ0v) is 13.3. The Kier molecular flexibility index (Phi) is 4.88. The molecule has 0 bridgehead atoms. The number of sulfonamides is 1. The average molecular weight is 348 g/mol. The third kappa shape index (κ3) is 3.95. The highest BCUT2D eigenvalue weighted by atomic mass is 35.5. The Morgan fingerprint density at radius 2 is 1.71 bits per heavy atom. The van der Waals surface area contributed by atoms with Gasteiger partial charge in [0, 0.05) is 11.1 Å². The number of hydrogen-bond acceptors (Lipinski definition) is 2. The van der Waals surface area contributed by atoms with Gasteiger partial charge < -0.3 is 0 Å². The number of rotatable bonds is 4. The molecule has 3 nitrogen and oxygen atoms in total. The summed E-state index contributed by atoms with van der Waals surface area (Å²) in [4.78, 5) is -0.0920. The van der Waals surface area contributed by atoms with Crippen molar-refractivity contribution < 1.29 is 12.8 Å². The summed E-state index contributed by atoms with van der Waals surface area (Å²) in [5.74, 6) is -0.383. The van der Waals surface area contributed by atoms with Crippen molar-refractivity contribution in [2.45, 2.75) is 17.9 Å². The molecule has 2 aromatic carbocycles. The van der Waals surface area contributed by atoms with Gasteiger partial charge in [0.1, 0.15) is 10.7 Å². The van der Waals surface area contributed by atoms with Crippen molar-refractivity contribution in [3.8, 4) is 0 Å². The molecule has 0 saturated carbocycles. The van der Waals surface area contributed by atoms with Gasteiger partial charge in [-0.3, -0.25) is 0 Å². The van der Waals surface area contributed by atoms with E-state index in [1.165, 1.54) is 42.5 Å². The van der Waals surface area contributed by atoms with Gasteiger partial charge in [-0.2, -0.15) is 0 Å². The van der Waals surface area contributed by atoms with Gasteiger partial charge in [-0.1, -0.05) is 35.3 Å². The van der Waals surface area contributed by atoms with E-state index in [9.17, 15) is 12.8 Å². The van der Waals surface area contributed by atoms with Crippen molar-refractivity contribution in [2.24, 2.45) is 0 Å². The molecule has 0 aliphatic heterocycles. The van der Waals surface area contributed by atoms with Crippen LogP contribution < -0.4 is 4.72 Å². The van der Waals surface area contributed by atoms with E-state index in [0.29, 0.717) is 5.56 Å². The summed E-state index contributed by atoms with van der Waals surface area (Å²) in [6.07, 6.45) is 0. The largest absolute Gasteiger partial charge is 0.242 e. The predicted octanol–water partition coefficient (Wildman–Crippen LogP) is 4.17. The molecule has 112 valence electrons. The highest BCUT2D eigenvalue weighted by Gasteiger charge is 2.21. The van der Waals surface area contributed by atoms with E-state index < -0.39 is 16.1 Å². The van der Waals surface area contributed by atoms with Crippen molar-refractivity contribution in [3.05, 3.63) is 63.9 Å². The molecule has 1 N–H and O–H groups in total. The van der Waals surface area contributed by atoms with Crippen molar-refractivity contribution in [1.29, 1.82) is 0 Å². The van der Waals surface area contributed by atoms with E-state index in [-0.39, 0.29) is 20.8 Å². The topological polar surface area (TPSA) is 46.2 Å². The van der Waals surface area contributed by atoms with Crippen molar-refractivity contribution in [2.75, 3.05) is 0 Å². The summed E-state index contributed by atoms with van der Waals surface area (Å²) in [6, 6.07) is 9.24. The lowest BCUT2D eigenvalue weighted by Crippen LogP contribution is -2.27. The van der Waals surface area contributed by atoms with Crippen LogP contribution in [-0.4, -0.2) is 8.42 Å². The maximum atomic E-state index is 12.9. The monoisotopic (exact) mass is 347 g/mol. The fourth-order valence-electron chi connectivity index (χ4n) is 1.80. The Morgan fingerprint density at radius 3 is 2.33 bits per heavy atom. The summed E-state index contributed by atoms with van der Waals surface area (Å²) >= 11 is 11.7. The summed E-state index contributed by atoms with van der Waals surface area (Å²) in [5.41, 5.74) is 0.637. The Bertz CT molecular complexity index is 748. The Morgan fingerprint density at radius 1 is 1.10 bits per heavy atom. The molecular weight excluding hydrogens is 336 g/mol. The summed E-state index contributed by atoms with van der Waals surface area (Å²) in [5, 5.41) is 0.354. The van der Waals surface area contributed by atoms with E-state index >= 15 is 0 Å². The van der Waals surface area contributed by atoms with Crippen LogP contribution in [0.2, 0.25) is 10.0 Å². The van der Waals surface area contributed by atoms with Gasteiger partial charge in [0.15, 0.2) is 0 Å². The molecule has 1 atom stereocenters. The molecular formula is C14H12Cl2FNO2S. The second kappa shape index (κ2) is 6.32. The van der Waals surface area contributed by atoms with Gasteiger partial charge in [-0.05, 0) is 42.8 Å². The van der Waals surface area contributed by atoms with E-state index in [0.717, 1.165) is 0 Å². The first-order chi connectivity index (χ1) is 9.79. The van der Waals surface area contributed by atoms with Crippen LogP contribution in [0.3, 0.4) is 0 Å². The summed E-state index contributed by atoms with van der Waals surface area (Å²) in [7, 11) is -3.83. The van der Waals surface area contributed by atoms with E-state index in [1.807, 2.05) is 0 Å². The maximum absolute atomic E-state index is 12.9. The fraction of sp³-hybridized carbons (Fsp3) is 0.143. The Balaban J connectivity index is 2.28. The van der Waals surface area contributed by atoms with Gasteiger partial charge in [0.05, 0.1) is 5.02 Å². The molecule has 0 aromatic heterocycles. The van der Waals surface area contributed by atoms with Gasteiger partial charge in [-0.25, -0.2) is 17.5 Å². The fourth-order valence-corrected chi connectivity index (χ4v) is 3.79. The standard InChI is InChI=1S/C14H12Cl2FNO2S/c1-9(10-2-5-12(17)6-3-10)18-21(19,20)14-8-11(15)4-7-13(14)16/h2-9,18H,1H3. The first-order valence-corrected chi connectivity index (χ1v) is 8.26. The van der Waals surface area contributed by atoms with E-state index in [4.69, 9.17) is 23.2 Å². The molecule has 2 rings (SSSR count).